The average molecular weight is 216 g/mol. The van der Waals surface area contributed by atoms with Gasteiger partial charge in [-0.15, -0.1) is 0 Å². The molecule has 36 valence electrons. The summed E-state index contributed by atoms with van der Waals surface area (Å²) in [5.74, 6) is 0. The summed E-state index contributed by atoms with van der Waals surface area (Å²) in [7, 11) is 4.53. The van der Waals surface area contributed by atoms with E-state index in [1.807, 2.05) is 6.92 Å². The maximum atomic E-state index is 4.53. The molecule has 0 aliphatic carbocycles. The van der Waals surface area contributed by atoms with Crippen molar-refractivity contribution < 1.29 is 38.6 Å². The standard InChI is InChI=1S/C2H5BO.2BrH/c1-2-4-3;;/h2H2,1H3;2*1H/q+2;;/p-2. The fourth-order valence-corrected chi connectivity index (χ4v) is 0. The Hall–Kier alpha value is 0.985. The van der Waals surface area contributed by atoms with Gasteiger partial charge in [0, 0.05) is 0 Å². The average Bonchev–Trinajstić information content (AvgIpc) is 1.37. The van der Waals surface area contributed by atoms with Gasteiger partial charge in [-0.3, -0.25) is 0 Å². The molecule has 0 saturated carbocycles. The first-order chi connectivity index (χ1) is 1.91. The van der Waals surface area contributed by atoms with Crippen molar-refractivity contribution >= 4 is 8.05 Å². The Balaban J connectivity index is -0.0000000450. The first kappa shape index (κ1) is 15.8. The van der Waals surface area contributed by atoms with Gasteiger partial charge in [-0.2, -0.15) is 0 Å². The van der Waals surface area contributed by atoms with E-state index in [0.717, 1.165) is 0 Å². The molecule has 0 heterocycles. The molecule has 0 aliphatic heterocycles. The number of halogens is 2. The second-order valence-corrected chi connectivity index (χ2v) is 0.455. The normalized spacial score (nSPS) is 5.17. The molecular weight excluding hydrogens is 211 g/mol. The van der Waals surface area contributed by atoms with Crippen LogP contribution >= 0.6 is 0 Å². The summed E-state index contributed by atoms with van der Waals surface area (Å²) in [6.45, 7) is 2.43. The molecule has 0 amide bonds. The second-order valence-electron chi connectivity index (χ2n) is 0.455. The summed E-state index contributed by atoms with van der Waals surface area (Å²) in [4.78, 5) is 0. The van der Waals surface area contributed by atoms with Crippen molar-refractivity contribution in [2.45, 2.75) is 6.92 Å². The van der Waals surface area contributed by atoms with E-state index < -0.39 is 0 Å². The minimum absolute atomic E-state index is 0. The fraction of sp³-hybridized carbons (Fsp3) is 1.00. The molecule has 0 N–H and O–H groups in total. The Bertz CT molecular complexity index is 13.5. The van der Waals surface area contributed by atoms with Gasteiger partial charge in [-0.1, -0.05) is 0 Å². The molecule has 0 aromatic carbocycles. The number of hydrogen-bond donors (Lipinski definition) is 0. The molecule has 0 fully saturated rings. The molecule has 1 nitrogen and oxygen atoms in total. The van der Waals surface area contributed by atoms with Crippen molar-refractivity contribution in [3.63, 3.8) is 0 Å². The third-order valence-corrected chi connectivity index (χ3v) is 0.167. The van der Waals surface area contributed by atoms with E-state index >= 15 is 0 Å². The van der Waals surface area contributed by atoms with Crippen LogP contribution in [-0.2, 0) is 4.65 Å². The summed E-state index contributed by atoms with van der Waals surface area (Å²) in [5.41, 5.74) is 0. The Morgan fingerprint density at radius 2 is 1.67 bits per heavy atom. The summed E-state index contributed by atoms with van der Waals surface area (Å²) >= 11 is 0. The maximum absolute atomic E-state index is 4.53. The van der Waals surface area contributed by atoms with Crippen LogP contribution in [0.25, 0.3) is 0 Å². The zero-order valence-corrected chi connectivity index (χ0v) is 6.62. The smallest absolute Gasteiger partial charge is 1.00 e. The topological polar surface area (TPSA) is 9.23 Å². The third-order valence-electron chi connectivity index (χ3n) is 0.167. The van der Waals surface area contributed by atoms with Gasteiger partial charge in [0.25, 0.3) is 0 Å². The van der Waals surface area contributed by atoms with Crippen molar-refractivity contribution in [1.82, 2.24) is 0 Å². The monoisotopic (exact) mass is 214 g/mol. The Labute approximate surface area is 60.4 Å². The molecule has 0 aromatic heterocycles. The van der Waals surface area contributed by atoms with E-state index in [-0.39, 0.29) is 34.0 Å². The van der Waals surface area contributed by atoms with Crippen LogP contribution in [-0.4, -0.2) is 14.7 Å². The molecule has 0 rings (SSSR count). The summed E-state index contributed by atoms with van der Waals surface area (Å²) in [6.07, 6.45) is 0. The van der Waals surface area contributed by atoms with Crippen LogP contribution in [0, 0.1) is 0 Å². The van der Waals surface area contributed by atoms with E-state index in [9.17, 15) is 0 Å². The van der Waals surface area contributed by atoms with Gasteiger partial charge in [-0.25, -0.2) is 0 Å². The predicted molar refractivity (Wildman–Crippen MR) is 17.4 cm³/mol. The first-order valence-electron chi connectivity index (χ1n) is 1.23. The van der Waals surface area contributed by atoms with Gasteiger partial charge >= 0.3 is 26.2 Å². The molecule has 6 heavy (non-hydrogen) atoms. The van der Waals surface area contributed by atoms with Gasteiger partial charge in [0.15, 0.2) is 0 Å². The number of rotatable bonds is 1. The zero-order valence-electron chi connectivity index (χ0n) is 3.45. The fourth-order valence-electron chi connectivity index (χ4n) is 0. The van der Waals surface area contributed by atoms with Crippen molar-refractivity contribution in [2.75, 3.05) is 6.61 Å². The van der Waals surface area contributed by atoms with Crippen molar-refractivity contribution in [1.29, 1.82) is 0 Å². The summed E-state index contributed by atoms with van der Waals surface area (Å²) in [5, 5.41) is 0. The van der Waals surface area contributed by atoms with Gasteiger partial charge in [0.2, 0.25) is 0 Å². The molecule has 0 radical (unpaired) electrons. The molecular formula is C2H5BBr2O. The van der Waals surface area contributed by atoms with Gasteiger partial charge in [-0.05, 0) is 0 Å². The van der Waals surface area contributed by atoms with Crippen LogP contribution in [0.2, 0.25) is 0 Å². The number of hydrogen-bond acceptors (Lipinski definition) is 1. The minimum Gasteiger partial charge on any atom is -1.00 e. The molecule has 0 aromatic rings. The minimum atomic E-state index is 0. The van der Waals surface area contributed by atoms with Crippen LogP contribution in [0.5, 0.6) is 0 Å². The Morgan fingerprint density at radius 3 is 1.67 bits per heavy atom. The van der Waals surface area contributed by atoms with E-state index in [1.54, 1.807) is 0 Å². The molecule has 0 saturated heterocycles. The molecule has 0 unspecified atom stereocenters. The van der Waals surface area contributed by atoms with Crippen LogP contribution < -0.4 is 34.0 Å². The van der Waals surface area contributed by atoms with E-state index in [0.29, 0.717) is 6.61 Å². The summed E-state index contributed by atoms with van der Waals surface area (Å²) < 4.78 is 4.04. The second kappa shape index (κ2) is 16.7. The predicted octanol–water partition coefficient (Wildman–Crippen LogP) is -5.89. The van der Waals surface area contributed by atoms with Gasteiger partial charge < -0.3 is 34.0 Å². The molecule has 0 bridgehead atoms. The quantitative estimate of drug-likeness (QED) is 0.396. The maximum Gasteiger partial charge on any atom is -1.00 e. The van der Waals surface area contributed by atoms with E-state index in [4.69, 9.17) is 0 Å². The molecule has 0 spiro atoms. The van der Waals surface area contributed by atoms with Crippen molar-refractivity contribution in [3.05, 3.63) is 0 Å². The zero-order chi connectivity index (χ0) is 3.41. The Morgan fingerprint density at radius 1 is 1.50 bits per heavy atom. The van der Waals surface area contributed by atoms with E-state index in [1.165, 1.54) is 0 Å². The summed E-state index contributed by atoms with van der Waals surface area (Å²) in [6, 6.07) is 0. The van der Waals surface area contributed by atoms with Crippen molar-refractivity contribution in [2.24, 2.45) is 0 Å². The van der Waals surface area contributed by atoms with Crippen LogP contribution in [0.1, 0.15) is 6.92 Å². The van der Waals surface area contributed by atoms with Gasteiger partial charge in [0.05, 0.1) is 0 Å². The molecule has 4 heteroatoms. The van der Waals surface area contributed by atoms with E-state index in [2.05, 4.69) is 12.7 Å². The van der Waals surface area contributed by atoms with Crippen LogP contribution in [0.4, 0.5) is 0 Å². The SMILES string of the molecule is [B+2]OCC.[Br-].[Br-]. The van der Waals surface area contributed by atoms with Crippen LogP contribution in [0.15, 0.2) is 0 Å². The van der Waals surface area contributed by atoms with Crippen LogP contribution in [0.3, 0.4) is 0 Å². The largest absolute Gasteiger partial charge is 1.00 e. The third kappa shape index (κ3) is 20.1. The Kier molecular flexibility index (Phi) is 43.8. The first-order valence-corrected chi connectivity index (χ1v) is 1.23. The van der Waals surface area contributed by atoms with Crippen molar-refractivity contribution in [3.8, 4) is 0 Å². The molecule has 0 atom stereocenters. The molecule has 0 aliphatic rings. The van der Waals surface area contributed by atoms with Gasteiger partial charge in [0.1, 0.15) is 0 Å².